The minimum Gasteiger partial charge on any atom is -0.487 e. The fourth-order valence-electron chi connectivity index (χ4n) is 1.93. The van der Waals surface area contributed by atoms with Crippen LogP contribution < -0.4 is 10.1 Å². The molecule has 1 amide bonds. The van der Waals surface area contributed by atoms with Crippen molar-refractivity contribution in [3.8, 4) is 5.75 Å². The fourth-order valence-corrected chi connectivity index (χ4v) is 2.11. The summed E-state index contributed by atoms with van der Waals surface area (Å²) < 4.78 is 10.7. The van der Waals surface area contributed by atoms with Crippen molar-refractivity contribution in [1.82, 2.24) is 10.5 Å². The van der Waals surface area contributed by atoms with Crippen molar-refractivity contribution in [2.75, 3.05) is 6.54 Å². The maximum absolute atomic E-state index is 12.1. The first kappa shape index (κ1) is 15.4. The zero-order valence-electron chi connectivity index (χ0n) is 12.1. The zero-order chi connectivity index (χ0) is 15.4. The van der Waals surface area contributed by atoms with Gasteiger partial charge in [0.1, 0.15) is 23.2 Å². The van der Waals surface area contributed by atoms with Crippen LogP contribution in [0.15, 0.2) is 28.8 Å². The van der Waals surface area contributed by atoms with Crippen molar-refractivity contribution in [1.29, 1.82) is 0 Å². The molecule has 0 fully saturated rings. The predicted molar refractivity (Wildman–Crippen MR) is 79.9 cm³/mol. The summed E-state index contributed by atoms with van der Waals surface area (Å²) in [7, 11) is 0. The van der Waals surface area contributed by atoms with Crippen LogP contribution in [0.5, 0.6) is 5.75 Å². The fraction of sp³-hybridized carbons (Fsp3) is 0.333. The molecule has 1 heterocycles. The van der Waals surface area contributed by atoms with Gasteiger partial charge in [0, 0.05) is 0 Å². The highest BCUT2D eigenvalue weighted by atomic mass is 35.5. The number of rotatable bonds is 5. The number of aryl methyl sites for hydroxylation is 2. The minimum atomic E-state index is -0.221. The van der Waals surface area contributed by atoms with Crippen LogP contribution in [0, 0.1) is 13.8 Å². The molecule has 1 N–H and O–H groups in total. The summed E-state index contributed by atoms with van der Waals surface area (Å²) in [5, 5.41) is 7.10. The molecule has 0 radical (unpaired) electrons. The van der Waals surface area contributed by atoms with E-state index in [4.69, 9.17) is 20.9 Å². The number of aromatic nitrogens is 1. The van der Waals surface area contributed by atoms with Crippen LogP contribution >= 0.6 is 11.6 Å². The number of nitrogens with one attached hydrogen (secondary N) is 1. The number of carbonyl (C=O) groups excluding carboxylic acids is 1. The second kappa shape index (κ2) is 6.63. The van der Waals surface area contributed by atoms with Gasteiger partial charge in [-0.3, -0.25) is 4.79 Å². The third-order valence-electron chi connectivity index (χ3n) is 2.98. The van der Waals surface area contributed by atoms with Crippen molar-refractivity contribution < 1.29 is 14.1 Å². The SMILES string of the molecule is Cc1noc(C)c1C(=O)NCC(C)Oc1ccccc1Cl. The molecular formula is C15H17ClN2O3. The average molecular weight is 309 g/mol. The van der Waals surface area contributed by atoms with Gasteiger partial charge >= 0.3 is 0 Å². The molecule has 0 saturated heterocycles. The number of amides is 1. The van der Waals surface area contributed by atoms with E-state index in [2.05, 4.69) is 10.5 Å². The summed E-state index contributed by atoms with van der Waals surface area (Å²) in [6, 6.07) is 7.22. The van der Waals surface area contributed by atoms with E-state index >= 15 is 0 Å². The smallest absolute Gasteiger partial charge is 0.256 e. The molecule has 21 heavy (non-hydrogen) atoms. The molecule has 1 aromatic carbocycles. The molecule has 5 nitrogen and oxygen atoms in total. The zero-order valence-corrected chi connectivity index (χ0v) is 12.9. The number of hydrogen-bond acceptors (Lipinski definition) is 4. The number of nitrogens with zero attached hydrogens (tertiary/aromatic N) is 1. The van der Waals surface area contributed by atoms with Crippen LogP contribution in [0.25, 0.3) is 0 Å². The van der Waals surface area contributed by atoms with Crippen molar-refractivity contribution in [3.05, 3.63) is 46.3 Å². The first-order chi connectivity index (χ1) is 9.99. The maximum atomic E-state index is 12.1. The van der Waals surface area contributed by atoms with E-state index in [0.29, 0.717) is 34.3 Å². The molecule has 0 saturated carbocycles. The van der Waals surface area contributed by atoms with Crippen molar-refractivity contribution >= 4 is 17.5 Å². The molecule has 0 aliphatic carbocycles. The summed E-state index contributed by atoms with van der Waals surface area (Å²) in [4.78, 5) is 12.1. The normalized spacial score (nSPS) is 12.0. The lowest BCUT2D eigenvalue weighted by atomic mass is 10.2. The van der Waals surface area contributed by atoms with E-state index in [1.165, 1.54) is 0 Å². The van der Waals surface area contributed by atoms with Gasteiger partial charge in [-0.15, -0.1) is 0 Å². The van der Waals surface area contributed by atoms with Crippen molar-refractivity contribution in [2.24, 2.45) is 0 Å². The Kier molecular flexibility index (Phi) is 4.85. The second-order valence-corrected chi connectivity index (χ2v) is 5.18. The Balaban J connectivity index is 1.91. The molecule has 0 spiro atoms. The molecule has 2 aromatic rings. The Bertz CT molecular complexity index is 620. The lowest BCUT2D eigenvalue weighted by molar-refractivity contribution is 0.0930. The van der Waals surface area contributed by atoms with Crippen LogP contribution in [-0.2, 0) is 0 Å². The lowest BCUT2D eigenvalue weighted by Crippen LogP contribution is -2.34. The number of ether oxygens (including phenoxy) is 1. The largest absolute Gasteiger partial charge is 0.487 e. The van der Waals surface area contributed by atoms with E-state index in [-0.39, 0.29) is 12.0 Å². The van der Waals surface area contributed by atoms with Gasteiger partial charge in [-0.2, -0.15) is 0 Å². The molecule has 1 aromatic heterocycles. The first-order valence-electron chi connectivity index (χ1n) is 6.61. The standard InChI is InChI=1S/C15H17ClN2O3/c1-9(20-13-7-5-4-6-12(13)16)8-17-15(19)14-10(2)18-21-11(14)3/h4-7,9H,8H2,1-3H3,(H,17,19). The highest BCUT2D eigenvalue weighted by Gasteiger charge is 2.18. The van der Waals surface area contributed by atoms with Crippen LogP contribution in [0.4, 0.5) is 0 Å². The molecule has 1 unspecified atom stereocenters. The molecular weight excluding hydrogens is 292 g/mol. The van der Waals surface area contributed by atoms with E-state index in [0.717, 1.165) is 0 Å². The average Bonchev–Trinajstić information content (AvgIpc) is 2.78. The number of halogens is 1. The van der Waals surface area contributed by atoms with Crippen LogP contribution in [-0.4, -0.2) is 23.7 Å². The highest BCUT2D eigenvalue weighted by molar-refractivity contribution is 6.32. The van der Waals surface area contributed by atoms with Gasteiger partial charge in [0.2, 0.25) is 0 Å². The summed E-state index contributed by atoms with van der Waals surface area (Å²) in [6.07, 6.45) is -0.214. The van der Waals surface area contributed by atoms with E-state index in [1.807, 2.05) is 19.1 Å². The second-order valence-electron chi connectivity index (χ2n) is 4.77. The number of para-hydroxylation sites is 1. The first-order valence-corrected chi connectivity index (χ1v) is 6.99. The highest BCUT2D eigenvalue weighted by Crippen LogP contribution is 2.24. The van der Waals surface area contributed by atoms with Crippen molar-refractivity contribution in [3.63, 3.8) is 0 Å². The van der Waals surface area contributed by atoms with Gasteiger partial charge in [0.25, 0.3) is 5.91 Å². The Morgan fingerprint density at radius 1 is 1.43 bits per heavy atom. The maximum Gasteiger partial charge on any atom is 0.256 e. The van der Waals surface area contributed by atoms with E-state index < -0.39 is 0 Å². The van der Waals surface area contributed by atoms with Gasteiger partial charge in [-0.1, -0.05) is 28.9 Å². The predicted octanol–water partition coefficient (Wildman–Crippen LogP) is 3.14. The van der Waals surface area contributed by atoms with Gasteiger partial charge in [-0.05, 0) is 32.9 Å². The molecule has 1 atom stereocenters. The Morgan fingerprint density at radius 3 is 2.76 bits per heavy atom. The Labute approximate surface area is 128 Å². The van der Waals surface area contributed by atoms with Crippen LogP contribution in [0.1, 0.15) is 28.7 Å². The summed E-state index contributed by atoms with van der Waals surface area (Å²) in [6.45, 7) is 5.65. The van der Waals surface area contributed by atoms with Crippen LogP contribution in [0.2, 0.25) is 5.02 Å². The minimum absolute atomic E-state index is 0.214. The molecule has 2 rings (SSSR count). The lowest BCUT2D eigenvalue weighted by Gasteiger charge is -2.16. The van der Waals surface area contributed by atoms with E-state index in [9.17, 15) is 4.79 Å². The summed E-state index contributed by atoms with van der Waals surface area (Å²) >= 11 is 6.02. The van der Waals surface area contributed by atoms with Crippen molar-refractivity contribution in [2.45, 2.75) is 26.9 Å². The molecule has 112 valence electrons. The quantitative estimate of drug-likeness (QED) is 0.921. The Morgan fingerprint density at radius 2 is 2.14 bits per heavy atom. The number of carbonyl (C=O) groups is 1. The molecule has 6 heteroatoms. The molecule has 0 aliphatic heterocycles. The van der Waals surface area contributed by atoms with Gasteiger partial charge in [-0.25, -0.2) is 0 Å². The number of hydrogen-bond donors (Lipinski definition) is 1. The topological polar surface area (TPSA) is 64.4 Å². The van der Waals surface area contributed by atoms with Gasteiger partial charge in [0.05, 0.1) is 17.3 Å². The number of benzene rings is 1. The third kappa shape index (κ3) is 3.76. The van der Waals surface area contributed by atoms with Gasteiger partial charge < -0.3 is 14.6 Å². The summed E-state index contributed by atoms with van der Waals surface area (Å²) in [5.74, 6) is 0.879. The summed E-state index contributed by atoms with van der Waals surface area (Å²) in [5.41, 5.74) is 1.05. The van der Waals surface area contributed by atoms with Crippen LogP contribution in [0.3, 0.4) is 0 Å². The Hall–Kier alpha value is -2.01. The molecule has 0 bridgehead atoms. The van der Waals surface area contributed by atoms with Gasteiger partial charge in [0.15, 0.2) is 0 Å². The van der Waals surface area contributed by atoms with E-state index in [1.54, 1.807) is 26.0 Å². The monoisotopic (exact) mass is 308 g/mol. The molecule has 0 aliphatic rings. The third-order valence-corrected chi connectivity index (χ3v) is 3.29.